The lowest BCUT2D eigenvalue weighted by Gasteiger charge is -2.08. The molecule has 0 bridgehead atoms. The van der Waals surface area contributed by atoms with E-state index in [1.54, 1.807) is 0 Å². The monoisotopic (exact) mass is 268 g/mol. The van der Waals surface area contributed by atoms with Crippen molar-refractivity contribution >= 4 is 23.2 Å². The van der Waals surface area contributed by atoms with Gasteiger partial charge >= 0.3 is 0 Å². The van der Waals surface area contributed by atoms with Gasteiger partial charge in [0, 0.05) is 12.8 Å². The van der Waals surface area contributed by atoms with E-state index in [1.165, 1.54) is 19.2 Å². The predicted molar refractivity (Wildman–Crippen MR) is 70.6 cm³/mol. The summed E-state index contributed by atoms with van der Waals surface area (Å²) in [5.41, 5.74) is 1.16. The minimum Gasteiger partial charge on any atom is -0.375 e. The van der Waals surface area contributed by atoms with E-state index in [0.717, 1.165) is 0 Å². The number of anilines is 2. The Labute approximate surface area is 111 Å². The number of halogens is 1. The van der Waals surface area contributed by atoms with Crippen LogP contribution >= 0.6 is 0 Å². The van der Waals surface area contributed by atoms with Gasteiger partial charge in [-0.25, -0.2) is 4.39 Å². The van der Waals surface area contributed by atoms with Crippen LogP contribution in [-0.4, -0.2) is 25.5 Å². The summed E-state index contributed by atoms with van der Waals surface area (Å²) in [7, 11) is 1.37. The van der Waals surface area contributed by atoms with Gasteiger partial charge in [0.2, 0.25) is 11.8 Å². The topological polar surface area (TPSA) is 67.4 Å². The van der Waals surface area contributed by atoms with Crippen molar-refractivity contribution in [1.29, 1.82) is 0 Å². The highest BCUT2D eigenvalue weighted by Crippen LogP contribution is 2.28. The van der Waals surface area contributed by atoms with Crippen LogP contribution in [0.1, 0.15) is 19.4 Å². The number of hydrogen-bond donors (Lipinski definition) is 2. The average molecular weight is 268 g/mol. The Morgan fingerprint density at radius 1 is 1.47 bits per heavy atom. The number of methoxy groups -OCH3 is 1. The summed E-state index contributed by atoms with van der Waals surface area (Å²) in [6.07, 6.45) is 0.165. The molecule has 0 unspecified atom stereocenters. The molecular weight excluding hydrogens is 251 g/mol. The highest BCUT2D eigenvalue weighted by Gasteiger charge is 2.20. The maximum Gasteiger partial charge on any atom is 0.250 e. The van der Waals surface area contributed by atoms with Crippen molar-refractivity contribution in [2.75, 3.05) is 24.4 Å². The third kappa shape index (κ3) is 3.75. The maximum atomic E-state index is 13.6. The molecule has 0 aliphatic carbocycles. The SMILES string of the molecule is CC.COCC(=O)Nc1cc2c(cc1F)CC(=O)N2. The second kappa shape index (κ2) is 6.84. The van der Waals surface area contributed by atoms with Crippen molar-refractivity contribution in [2.45, 2.75) is 20.3 Å². The second-order valence-electron chi connectivity index (χ2n) is 3.70. The molecule has 1 aromatic rings. The molecule has 2 N–H and O–H groups in total. The van der Waals surface area contributed by atoms with Gasteiger partial charge in [-0.1, -0.05) is 13.8 Å². The first-order chi connectivity index (χ1) is 9.10. The Bertz CT molecular complexity index is 489. The minimum atomic E-state index is -0.565. The number of nitrogens with one attached hydrogen (secondary N) is 2. The lowest BCUT2D eigenvalue weighted by molar-refractivity contribution is -0.119. The van der Waals surface area contributed by atoms with Crippen molar-refractivity contribution in [3.63, 3.8) is 0 Å². The Kier molecular flexibility index (Phi) is 5.44. The van der Waals surface area contributed by atoms with Gasteiger partial charge in [0.1, 0.15) is 12.4 Å². The van der Waals surface area contributed by atoms with Crippen LogP contribution in [-0.2, 0) is 20.7 Å². The lowest BCUT2D eigenvalue weighted by Crippen LogP contribution is -2.18. The van der Waals surface area contributed by atoms with E-state index < -0.39 is 11.7 Å². The zero-order chi connectivity index (χ0) is 14.4. The molecule has 19 heavy (non-hydrogen) atoms. The van der Waals surface area contributed by atoms with Crippen molar-refractivity contribution in [3.8, 4) is 0 Å². The molecule has 1 heterocycles. The summed E-state index contributed by atoms with van der Waals surface area (Å²) < 4.78 is 18.2. The molecule has 0 spiro atoms. The highest BCUT2D eigenvalue weighted by molar-refractivity contribution is 6.01. The molecule has 0 atom stereocenters. The fourth-order valence-electron chi connectivity index (χ4n) is 1.66. The molecule has 5 nitrogen and oxygen atoms in total. The van der Waals surface area contributed by atoms with Crippen molar-refractivity contribution in [1.82, 2.24) is 0 Å². The first-order valence-corrected chi connectivity index (χ1v) is 6.01. The van der Waals surface area contributed by atoms with Crippen molar-refractivity contribution < 1.29 is 18.7 Å². The van der Waals surface area contributed by atoms with Gasteiger partial charge in [-0.3, -0.25) is 9.59 Å². The summed E-state index contributed by atoms with van der Waals surface area (Å²) in [6.45, 7) is 3.85. The van der Waals surface area contributed by atoms with Gasteiger partial charge in [0.15, 0.2) is 0 Å². The molecule has 1 aromatic carbocycles. The van der Waals surface area contributed by atoms with Crippen LogP contribution in [0.2, 0.25) is 0 Å². The summed E-state index contributed by atoms with van der Waals surface area (Å²) >= 11 is 0. The zero-order valence-corrected chi connectivity index (χ0v) is 11.2. The number of carbonyl (C=O) groups is 2. The highest BCUT2D eigenvalue weighted by atomic mass is 19.1. The number of hydrogen-bond acceptors (Lipinski definition) is 3. The number of amides is 2. The van der Waals surface area contributed by atoms with E-state index >= 15 is 0 Å². The van der Waals surface area contributed by atoms with Gasteiger partial charge in [-0.05, 0) is 17.7 Å². The van der Waals surface area contributed by atoms with E-state index in [1.807, 2.05) is 13.8 Å². The van der Waals surface area contributed by atoms with Crippen molar-refractivity contribution in [2.24, 2.45) is 0 Å². The smallest absolute Gasteiger partial charge is 0.250 e. The molecule has 1 aliphatic rings. The summed E-state index contributed by atoms with van der Waals surface area (Å²) in [6, 6.07) is 2.65. The van der Waals surface area contributed by atoms with Crippen LogP contribution in [0.4, 0.5) is 15.8 Å². The Hall–Kier alpha value is -1.95. The van der Waals surface area contributed by atoms with E-state index in [0.29, 0.717) is 11.3 Å². The molecule has 0 saturated carbocycles. The molecule has 2 amide bonds. The van der Waals surface area contributed by atoms with E-state index in [2.05, 4.69) is 15.4 Å². The second-order valence-corrected chi connectivity index (χ2v) is 3.70. The molecule has 104 valence electrons. The number of rotatable bonds is 3. The van der Waals surface area contributed by atoms with Gasteiger partial charge in [0.05, 0.1) is 12.1 Å². The van der Waals surface area contributed by atoms with E-state index in [4.69, 9.17) is 0 Å². The maximum absolute atomic E-state index is 13.6. The van der Waals surface area contributed by atoms with E-state index in [-0.39, 0.29) is 24.6 Å². The van der Waals surface area contributed by atoms with Crippen LogP contribution < -0.4 is 10.6 Å². The van der Waals surface area contributed by atoms with Gasteiger partial charge in [-0.15, -0.1) is 0 Å². The van der Waals surface area contributed by atoms with Crippen LogP contribution in [0.5, 0.6) is 0 Å². The van der Waals surface area contributed by atoms with Gasteiger partial charge in [-0.2, -0.15) is 0 Å². The summed E-state index contributed by atoms with van der Waals surface area (Å²) in [5, 5.41) is 4.95. The van der Waals surface area contributed by atoms with Crippen LogP contribution in [0, 0.1) is 5.82 Å². The number of fused-ring (bicyclic) bond motifs is 1. The molecule has 2 rings (SSSR count). The Morgan fingerprint density at radius 3 is 2.79 bits per heavy atom. The molecule has 1 aliphatic heterocycles. The standard InChI is InChI=1S/C11H11FN2O3.C2H6/c1-17-5-11(16)14-9-4-8-6(2-7(9)12)3-10(15)13-8;1-2/h2,4H,3,5H2,1H3,(H,13,15)(H,14,16);1-2H3. The Balaban J connectivity index is 0.000000861. The van der Waals surface area contributed by atoms with Gasteiger partial charge in [0.25, 0.3) is 0 Å². The van der Waals surface area contributed by atoms with Crippen LogP contribution in [0.25, 0.3) is 0 Å². The van der Waals surface area contributed by atoms with Crippen LogP contribution in [0.3, 0.4) is 0 Å². The van der Waals surface area contributed by atoms with Gasteiger partial charge < -0.3 is 15.4 Å². The largest absolute Gasteiger partial charge is 0.375 e. The number of ether oxygens (including phenoxy) is 1. The quantitative estimate of drug-likeness (QED) is 0.880. The predicted octanol–water partition coefficient (Wildman–Crippen LogP) is 1.93. The molecule has 0 fully saturated rings. The number of carbonyl (C=O) groups excluding carboxylic acids is 2. The normalized spacial score (nSPS) is 12.1. The third-order valence-electron chi connectivity index (χ3n) is 2.37. The molecule has 0 radical (unpaired) electrons. The summed E-state index contributed by atoms with van der Waals surface area (Å²) in [5.74, 6) is -1.19. The Morgan fingerprint density at radius 2 is 2.16 bits per heavy atom. The molecule has 6 heteroatoms. The lowest BCUT2D eigenvalue weighted by atomic mass is 10.1. The van der Waals surface area contributed by atoms with E-state index in [9.17, 15) is 14.0 Å². The zero-order valence-electron chi connectivity index (χ0n) is 11.2. The molecular formula is C13H17FN2O3. The summed E-state index contributed by atoms with van der Waals surface area (Å²) in [4.78, 5) is 22.3. The first kappa shape index (κ1) is 15.1. The molecule has 0 aromatic heterocycles. The van der Waals surface area contributed by atoms with Crippen LogP contribution in [0.15, 0.2) is 12.1 Å². The van der Waals surface area contributed by atoms with Crippen molar-refractivity contribution in [3.05, 3.63) is 23.5 Å². The molecule has 0 saturated heterocycles. The fraction of sp³-hybridized carbons (Fsp3) is 0.385. The first-order valence-electron chi connectivity index (χ1n) is 6.01. The minimum absolute atomic E-state index is 0.0352. The fourth-order valence-corrected chi connectivity index (χ4v) is 1.66. The average Bonchev–Trinajstić information content (AvgIpc) is 2.72. The third-order valence-corrected chi connectivity index (χ3v) is 2.37. The number of benzene rings is 1.